The van der Waals surface area contributed by atoms with Crippen LogP contribution in [-0.4, -0.2) is 16.1 Å². The minimum absolute atomic E-state index is 0.0486. The number of hydrogen-bond donors (Lipinski definition) is 2. The number of rotatable bonds is 3. The molecule has 3 aromatic rings. The molecule has 0 saturated carbocycles. The Hall–Kier alpha value is -3.48. The summed E-state index contributed by atoms with van der Waals surface area (Å²) < 4.78 is 40.0. The maximum Gasteiger partial charge on any atom is 0.417 e. The summed E-state index contributed by atoms with van der Waals surface area (Å²) in [5, 5.41) is 18.9. The lowest BCUT2D eigenvalue weighted by Gasteiger charge is -2.25. The molecule has 0 spiro atoms. The van der Waals surface area contributed by atoms with Gasteiger partial charge in [-0.1, -0.05) is 12.1 Å². The molecule has 0 radical (unpaired) electrons. The average molecular weight is 373 g/mol. The van der Waals surface area contributed by atoms with Gasteiger partial charge in [0.05, 0.1) is 11.1 Å². The number of carbonyl (C=O) groups excluding carboxylic acids is 1. The predicted molar refractivity (Wildman–Crippen MR) is 94.1 cm³/mol. The Morgan fingerprint density at radius 2 is 1.19 bits per heavy atom. The van der Waals surface area contributed by atoms with Crippen LogP contribution in [0.25, 0.3) is 0 Å². The second kappa shape index (κ2) is 7.03. The fourth-order valence-corrected chi connectivity index (χ4v) is 2.62. The number of anilines is 2. The van der Waals surface area contributed by atoms with Gasteiger partial charge in [-0.2, -0.15) is 13.2 Å². The number of alkyl halides is 3. The quantitative estimate of drug-likeness (QED) is 0.672. The third kappa shape index (κ3) is 3.87. The summed E-state index contributed by atoms with van der Waals surface area (Å²) in [6.45, 7) is 0. The van der Waals surface area contributed by atoms with Gasteiger partial charge in [-0.3, -0.25) is 9.69 Å². The van der Waals surface area contributed by atoms with Crippen molar-refractivity contribution in [3.8, 4) is 11.5 Å². The van der Waals surface area contributed by atoms with E-state index in [2.05, 4.69) is 0 Å². The van der Waals surface area contributed by atoms with Crippen molar-refractivity contribution in [2.75, 3.05) is 4.90 Å². The van der Waals surface area contributed by atoms with Gasteiger partial charge in [-0.25, -0.2) is 0 Å². The molecule has 2 N–H and O–H groups in total. The number of nitrogens with zero attached hydrogens (tertiary/aromatic N) is 1. The van der Waals surface area contributed by atoms with Crippen molar-refractivity contribution in [1.29, 1.82) is 0 Å². The van der Waals surface area contributed by atoms with Gasteiger partial charge in [0, 0.05) is 11.4 Å². The molecule has 0 aromatic heterocycles. The number of phenolic OH excluding ortho intramolecular Hbond substituents is 2. The Morgan fingerprint density at radius 1 is 0.741 bits per heavy atom. The number of amides is 1. The van der Waals surface area contributed by atoms with E-state index in [1.807, 2.05) is 0 Å². The minimum Gasteiger partial charge on any atom is -0.508 e. The molecule has 27 heavy (non-hydrogen) atoms. The summed E-state index contributed by atoms with van der Waals surface area (Å²) in [6, 6.07) is 15.5. The van der Waals surface area contributed by atoms with Gasteiger partial charge in [0.25, 0.3) is 5.91 Å². The fourth-order valence-electron chi connectivity index (χ4n) is 2.62. The number of hydrogen-bond acceptors (Lipinski definition) is 3. The van der Waals surface area contributed by atoms with E-state index < -0.39 is 23.2 Å². The largest absolute Gasteiger partial charge is 0.508 e. The van der Waals surface area contributed by atoms with Crippen LogP contribution in [0.3, 0.4) is 0 Å². The van der Waals surface area contributed by atoms with Crippen molar-refractivity contribution in [1.82, 2.24) is 0 Å². The molecule has 138 valence electrons. The van der Waals surface area contributed by atoms with Crippen LogP contribution in [0.1, 0.15) is 15.9 Å². The molecule has 7 heteroatoms. The van der Waals surface area contributed by atoms with E-state index in [1.165, 1.54) is 60.7 Å². The molecule has 0 heterocycles. The highest BCUT2D eigenvalue weighted by atomic mass is 19.4. The Labute approximate surface area is 152 Å². The van der Waals surface area contributed by atoms with Crippen LogP contribution in [0, 0.1) is 0 Å². The Bertz CT molecular complexity index is 906. The third-order valence-corrected chi connectivity index (χ3v) is 3.88. The molecule has 0 aliphatic carbocycles. The van der Waals surface area contributed by atoms with E-state index in [4.69, 9.17) is 0 Å². The zero-order chi connectivity index (χ0) is 19.6. The summed E-state index contributed by atoms with van der Waals surface area (Å²) in [6.07, 6.45) is -4.69. The number of aromatic hydroxyl groups is 2. The van der Waals surface area contributed by atoms with Crippen LogP contribution in [-0.2, 0) is 6.18 Å². The fraction of sp³-hybridized carbons (Fsp3) is 0.0500. The molecule has 0 aliphatic heterocycles. The second-order valence-electron chi connectivity index (χ2n) is 5.72. The zero-order valence-electron chi connectivity index (χ0n) is 13.8. The van der Waals surface area contributed by atoms with Crippen LogP contribution in [0.4, 0.5) is 24.5 Å². The van der Waals surface area contributed by atoms with Crippen LogP contribution in [0.15, 0.2) is 72.8 Å². The molecular weight excluding hydrogens is 359 g/mol. The monoisotopic (exact) mass is 373 g/mol. The molecule has 4 nitrogen and oxygen atoms in total. The molecule has 0 unspecified atom stereocenters. The topological polar surface area (TPSA) is 60.8 Å². The van der Waals surface area contributed by atoms with Gasteiger partial charge < -0.3 is 10.2 Å². The molecule has 0 bridgehead atoms. The number of benzene rings is 3. The number of halogens is 3. The maximum atomic E-state index is 13.3. The lowest BCUT2D eigenvalue weighted by Crippen LogP contribution is -2.28. The number of carbonyl (C=O) groups is 1. The Morgan fingerprint density at radius 3 is 1.63 bits per heavy atom. The number of phenols is 2. The predicted octanol–water partition coefficient (Wildman–Crippen LogP) is 5.10. The highest BCUT2D eigenvalue weighted by Crippen LogP contribution is 2.35. The van der Waals surface area contributed by atoms with Crippen molar-refractivity contribution < 1.29 is 28.2 Å². The summed E-state index contributed by atoms with van der Waals surface area (Å²) in [5.41, 5.74) is -1.02. The molecule has 1 amide bonds. The van der Waals surface area contributed by atoms with Crippen molar-refractivity contribution >= 4 is 17.3 Å². The van der Waals surface area contributed by atoms with Crippen molar-refractivity contribution in [2.45, 2.75) is 6.18 Å². The summed E-state index contributed by atoms with van der Waals surface area (Å²) in [7, 11) is 0. The zero-order valence-corrected chi connectivity index (χ0v) is 13.8. The minimum atomic E-state index is -4.69. The van der Waals surface area contributed by atoms with Gasteiger partial charge >= 0.3 is 6.18 Å². The van der Waals surface area contributed by atoms with Gasteiger partial charge in [0.15, 0.2) is 0 Å². The Kier molecular flexibility index (Phi) is 4.77. The van der Waals surface area contributed by atoms with Crippen LogP contribution < -0.4 is 4.90 Å². The van der Waals surface area contributed by atoms with Crippen molar-refractivity contribution in [3.63, 3.8) is 0 Å². The van der Waals surface area contributed by atoms with Crippen LogP contribution >= 0.6 is 0 Å². The summed E-state index contributed by atoms with van der Waals surface area (Å²) >= 11 is 0. The van der Waals surface area contributed by atoms with Crippen LogP contribution in [0.2, 0.25) is 0 Å². The first kappa shape index (κ1) is 18.3. The van der Waals surface area contributed by atoms with E-state index in [-0.39, 0.29) is 22.9 Å². The highest BCUT2D eigenvalue weighted by Gasteiger charge is 2.36. The standard InChI is InChI=1S/C20H14F3NO3/c21-20(22,23)18-4-2-1-3-17(18)19(27)24(13-5-9-15(25)10-6-13)14-7-11-16(26)12-8-14/h1-12,25-26H. The molecule has 0 atom stereocenters. The van der Waals surface area contributed by atoms with Crippen molar-refractivity contribution in [3.05, 3.63) is 83.9 Å². The molecule has 0 saturated heterocycles. The van der Waals surface area contributed by atoms with E-state index in [1.54, 1.807) is 0 Å². The highest BCUT2D eigenvalue weighted by molar-refractivity contribution is 6.11. The summed E-state index contributed by atoms with van der Waals surface area (Å²) in [4.78, 5) is 14.2. The van der Waals surface area contributed by atoms with E-state index in [0.717, 1.165) is 17.0 Å². The van der Waals surface area contributed by atoms with Gasteiger partial charge in [0.1, 0.15) is 11.5 Å². The molecule has 0 fully saturated rings. The average Bonchev–Trinajstić information content (AvgIpc) is 2.64. The van der Waals surface area contributed by atoms with Crippen molar-refractivity contribution in [2.24, 2.45) is 0 Å². The van der Waals surface area contributed by atoms with E-state index >= 15 is 0 Å². The van der Waals surface area contributed by atoms with Crippen LogP contribution in [0.5, 0.6) is 11.5 Å². The van der Waals surface area contributed by atoms with Gasteiger partial charge in [-0.15, -0.1) is 0 Å². The lowest BCUT2D eigenvalue weighted by atomic mass is 10.0. The first-order valence-electron chi connectivity index (χ1n) is 7.86. The van der Waals surface area contributed by atoms with Gasteiger partial charge in [-0.05, 0) is 60.7 Å². The molecule has 3 rings (SSSR count). The smallest absolute Gasteiger partial charge is 0.417 e. The first-order chi connectivity index (χ1) is 12.8. The van der Waals surface area contributed by atoms with E-state index in [0.29, 0.717) is 0 Å². The normalized spacial score (nSPS) is 11.2. The van der Waals surface area contributed by atoms with Gasteiger partial charge in [0.2, 0.25) is 0 Å². The molecule has 3 aromatic carbocycles. The van der Waals surface area contributed by atoms with E-state index in [9.17, 15) is 28.2 Å². The Balaban J connectivity index is 2.15. The molecular formula is C20H14F3NO3. The second-order valence-corrected chi connectivity index (χ2v) is 5.72. The SMILES string of the molecule is O=C(c1ccccc1C(F)(F)F)N(c1ccc(O)cc1)c1ccc(O)cc1. The molecule has 0 aliphatic rings. The third-order valence-electron chi connectivity index (χ3n) is 3.88. The maximum absolute atomic E-state index is 13.3. The lowest BCUT2D eigenvalue weighted by molar-refractivity contribution is -0.137. The first-order valence-corrected chi connectivity index (χ1v) is 7.86. The summed E-state index contributed by atoms with van der Waals surface area (Å²) in [5.74, 6) is -0.987.